The van der Waals surface area contributed by atoms with Gasteiger partial charge in [0.05, 0.1) is 11.3 Å². The van der Waals surface area contributed by atoms with E-state index in [1.165, 1.54) is 34.7 Å². The van der Waals surface area contributed by atoms with E-state index in [0.717, 1.165) is 59.3 Å². The Bertz CT molecular complexity index is 1580. The van der Waals surface area contributed by atoms with Crippen LogP contribution >= 0.6 is 23.1 Å². The number of hydrogen-bond acceptors (Lipinski definition) is 7. The van der Waals surface area contributed by atoms with E-state index in [4.69, 9.17) is 14.8 Å². The number of rotatable bonds is 11. The molecule has 4 aromatic rings. The second-order valence-electron chi connectivity index (χ2n) is 10.6. The predicted octanol–water partition coefficient (Wildman–Crippen LogP) is 7.78. The molecule has 0 atom stereocenters. The van der Waals surface area contributed by atoms with Gasteiger partial charge in [-0.1, -0.05) is 37.3 Å². The Balaban J connectivity index is 1.33. The topological polar surface area (TPSA) is 65.9 Å². The van der Waals surface area contributed by atoms with Crippen molar-refractivity contribution in [2.75, 3.05) is 37.7 Å². The molecule has 0 unspecified atom stereocenters. The molecule has 2 heterocycles. The van der Waals surface area contributed by atoms with E-state index in [1.54, 1.807) is 17.8 Å². The highest BCUT2D eigenvalue weighted by molar-refractivity contribution is 7.98. The summed E-state index contributed by atoms with van der Waals surface area (Å²) < 4.78 is 44.9. The lowest BCUT2D eigenvalue weighted by molar-refractivity contribution is -0.139. The van der Waals surface area contributed by atoms with Crippen LogP contribution in [0.15, 0.2) is 71.6 Å². The first-order valence-corrected chi connectivity index (χ1v) is 16.2. The molecule has 1 N–H and O–H groups in total. The molecule has 232 valence electrons. The summed E-state index contributed by atoms with van der Waals surface area (Å²) >= 11 is 3.17. The van der Waals surface area contributed by atoms with Gasteiger partial charge in [-0.3, -0.25) is 4.90 Å². The van der Waals surface area contributed by atoms with Crippen LogP contribution in [-0.4, -0.2) is 53.7 Å². The van der Waals surface area contributed by atoms with Crippen molar-refractivity contribution in [3.05, 3.63) is 94.0 Å². The summed E-state index contributed by atoms with van der Waals surface area (Å²) in [6, 6.07) is 19.3. The fraction of sp³-hybridized carbons (Fsp3) is 0.333. The molecular formula is C33H34F3N3O3S2. The van der Waals surface area contributed by atoms with Gasteiger partial charge in [-0.25, -0.2) is 9.78 Å². The van der Waals surface area contributed by atoms with Crippen LogP contribution < -0.4 is 9.64 Å². The molecule has 1 fully saturated rings. The van der Waals surface area contributed by atoms with Crippen molar-refractivity contribution in [1.29, 1.82) is 0 Å². The maximum Gasteiger partial charge on any atom is 0.416 e. The van der Waals surface area contributed by atoms with Gasteiger partial charge in [-0.15, -0.1) is 23.1 Å². The van der Waals surface area contributed by atoms with Gasteiger partial charge in [0, 0.05) is 59.5 Å². The molecule has 0 aliphatic carbocycles. The van der Waals surface area contributed by atoms with Crippen LogP contribution in [0.5, 0.6) is 5.75 Å². The van der Waals surface area contributed by atoms with Crippen LogP contribution in [0.2, 0.25) is 0 Å². The summed E-state index contributed by atoms with van der Waals surface area (Å²) in [6.07, 6.45) is -3.69. The van der Waals surface area contributed by atoms with Crippen LogP contribution in [0.3, 0.4) is 0 Å². The van der Waals surface area contributed by atoms with Crippen LogP contribution in [0.25, 0.3) is 10.6 Å². The quantitative estimate of drug-likeness (QED) is 0.168. The molecule has 5 rings (SSSR count). The van der Waals surface area contributed by atoms with Crippen molar-refractivity contribution in [1.82, 2.24) is 9.88 Å². The maximum absolute atomic E-state index is 13.2. The molecule has 1 aliphatic heterocycles. The highest BCUT2D eigenvalue weighted by Crippen LogP contribution is 2.37. The first-order chi connectivity index (χ1) is 21.1. The second-order valence-corrected chi connectivity index (χ2v) is 12.7. The minimum absolute atomic E-state index is 0.393. The number of alkyl halides is 3. The summed E-state index contributed by atoms with van der Waals surface area (Å²) in [4.78, 5) is 22.8. The fourth-order valence-electron chi connectivity index (χ4n) is 5.17. The van der Waals surface area contributed by atoms with Crippen molar-refractivity contribution in [2.45, 2.75) is 43.6 Å². The standard InChI is InChI=1S/C33H34F3N3O3S2/c1-3-23-18-26(12-13-29(23)42-20-31(40)41)43-21-30-27(37-32(44-30)24-8-10-25(11-9-24)33(34,35)36)19-38-14-16-39(17-15-38)28-7-5-4-6-22(28)2/h4-13,18H,3,14-17,19-21H2,1-2H3,(H,40,41). The zero-order valence-corrected chi connectivity index (χ0v) is 26.2. The van der Waals surface area contributed by atoms with E-state index in [9.17, 15) is 18.0 Å². The number of thiazole rings is 1. The van der Waals surface area contributed by atoms with Gasteiger partial charge in [-0.2, -0.15) is 13.2 Å². The fourth-order valence-corrected chi connectivity index (χ4v) is 7.31. The molecule has 44 heavy (non-hydrogen) atoms. The Labute approximate surface area is 263 Å². The first kappa shape index (κ1) is 31.9. The summed E-state index contributed by atoms with van der Waals surface area (Å²) in [7, 11) is 0. The van der Waals surface area contributed by atoms with Gasteiger partial charge >= 0.3 is 12.1 Å². The third-order valence-corrected chi connectivity index (χ3v) is 9.92. The van der Waals surface area contributed by atoms with Crippen molar-refractivity contribution >= 4 is 34.8 Å². The number of aliphatic carboxylic acids is 1. The molecule has 11 heteroatoms. The molecular weight excluding hydrogens is 608 g/mol. The molecule has 0 bridgehead atoms. The number of halogens is 3. The molecule has 0 saturated carbocycles. The molecule has 0 amide bonds. The lowest BCUT2D eigenvalue weighted by Crippen LogP contribution is -2.46. The highest BCUT2D eigenvalue weighted by atomic mass is 32.2. The van der Waals surface area contributed by atoms with E-state index in [1.807, 2.05) is 19.1 Å². The minimum Gasteiger partial charge on any atom is -0.482 e. The van der Waals surface area contributed by atoms with Crippen molar-refractivity contribution in [3.8, 4) is 16.3 Å². The smallest absolute Gasteiger partial charge is 0.416 e. The van der Waals surface area contributed by atoms with Gasteiger partial charge in [0.2, 0.25) is 0 Å². The number of thioether (sulfide) groups is 1. The van der Waals surface area contributed by atoms with E-state index in [0.29, 0.717) is 35.0 Å². The summed E-state index contributed by atoms with van der Waals surface area (Å²) in [5.74, 6) is 0.186. The van der Waals surface area contributed by atoms with Gasteiger partial charge in [0.15, 0.2) is 6.61 Å². The Morgan fingerprint density at radius 1 is 1.05 bits per heavy atom. The van der Waals surface area contributed by atoms with Gasteiger partial charge in [0.1, 0.15) is 10.8 Å². The lowest BCUT2D eigenvalue weighted by Gasteiger charge is -2.36. The van der Waals surface area contributed by atoms with E-state index >= 15 is 0 Å². The van der Waals surface area contributed by atoms with Gasteiger partial charge in [0.25, 0.3) is 0 Å². The number of benzene rings is 3. The van der Waals surface area contributed by atoms with E-state index in [-0.39, 0.29) is 0 Å². The second kappa shape index (κ2) is 14.0. The molecule has 1 aromatic heterocycles. The number of carbonyl (C=O) groups is 1. The van der Waals surface area contributed by atoms with Crippen LogP contribution in [-0.2, 0) is 29.7 Å². The van der Waals surface area contributed by atoms with Crippen LogP contribution in [0, 0.1) is 6.92 Å². The number of ether oxygens (including phenoxy) is 1. The minimum atomic E-state index is -4.39. The summed E-state index contributed by atoms with van der Waals surface area (Å²) in [5.41, 5.74) is 4.37. The Morgan fingerprint density at radius 2 is 1.77 bits per heavy atom. The average molecular weight is 642 g/mol. The van der Waals surface area contributed by atoms with Crippen molar-refractivity contribution < 1.29 is 27.8 Å². The van der Waals surface area contributed by atoms with E-state index < -0.39 is 24.3 Å². The first-order valence-electron chi connectivity index (χ1n) is 14.4. The SMILES string of the molecule is CCc1cc(SCc2sc(-c3ccc(C(F)(F)F)cc3)nc2CN2CCN(c3ccccc3C)CC2)ccc1OCC(=O)O. The average Bonchev–Trinajstić information content (AvgIpc) is 3.41. The number of aryl methyl sites for hydroxylation is 2. The van der Waals surface area contributed by atoms with E-state index in [2.05, 4.69) is 41.0 Å². The maximum atomic E-state index is 13.2. The number of para-hydroxylation sites is 1. The molecule has 0 spiro atoms. The number of carboxylic acids is 1. The Morgan fingerprint density at radius 3 is 2.43 bits per heavy atom. The number of hydrogen-bond donors (Lipinski definition) is 1. The molecule has 1 aliphatic rings. The third kappa shape index (κ3) is 7.94. The third-order valence-electron chi connectivity index (χ3n) is 7.57. The Kier molecular flexibility index (Phi) is 10.2. The van der Waals surface area contributed by atoms with Crippen LogP contribution in [0.4, 0.5) is 18.9 Å². The number of aromatic nitrogens is 1. The largest absolute Gasteiger partial charge is 0.482 e. The van der Waals surface area contributed by atoms with Gasteiger partial charge < -0.3 is 14.7 Å². The zero-order valence-electron chi connectivity index (χ0n) is 24.6. The lowest BCUT2D eigenvalue weighted by atomic mass is 10.1. The summed E-state index contributed by atoms with van der Waals surface area (Å²) in [5, 5.41) is 9.67. The monoisotopic (exact) mass is 641 g/mol. The van der Waals surface area contributed by atoms with Gasteiger partial charge in [-0.05, 0) is 60.9 Å². The number of piperazine rings is 1. The molecule has 3 aromatic carbocycles. The zero-order chi connectivity index (χ0) is 31.3. The highest BCUT2D eigenvalue weighted by Gasteiger charge is 2.30. The number of nitrogens with zero attached hydrogens (tertiary/aromatic N) is 3. The molecule has 6 nitrogen and oxygen atoms in total. The summed E-state index contributed by atoms with van der Waals surface area (Å²) in [6.45, 7) is 7.96. The Hall–Kier alpha value is -3.54. The number of anilines is 1. The van der Waals surface area contributed by atoms with Crippen molar-refractivity contribution in [3.63, 3.8) is 0 Å². The molecule has 1 saturated heterocycles. The predicted molar refractivity (Wildman–Crippen MR) is 170 cm³/mol. The number of carboxylic acid groups (broad SMARTS) is 1. The normalized spacial score (nSPS) is 14.2. The van der Waals surface area contributed by atoms with Crippen LogP contribution in [0.1, 0.15) is 34.2 Å². The molecule has 0 radical (unpaired) electrons. The van der Waals surface area contributed by atoms with Crippen molar-refractivity contribution in [2.24, 2.45) is 0 Å².